The van der Waals surface area contributed by atoms with Crippen LogP contribution < -0.4 is 56.3 Å². The van der Waals surface area contributed by atoms with Crippen LogP contribution in [0.5, 0.6) is 0 Å². The number of nitrogen functional groups attached to an aromatic ring is 1. The molecule has 0 aliphatic rings. The summed E-state index contributed by atoms with van der Waals surface area (Å²) < 4.78 is 7.23. The molecule has 0 aliphatic carbocycles. The van der Waals surface area contributed by atoms with Crippen LogP contribution in [0.3, 0.4) is 0 Å². The molecule has 0 saturated carbocycles. The minimum absolute atomic E-state index is 0. The van der Waals surface area contributed by atoms with Crippen molar-refractivity contribution in [2.45, 2.75) is 83.6 Å². The molecule has 400 valence electrons. The van der Waals surface area contributed by atoms with E-state index in [0.29, 0.717) is 0 Å². The standard InChI is InChI=1S/C9H10BrNO.C9H10BrNS.C9H11NO.C9H9NS.C7H9N.C4H6O3.CH3O.CH4.Br2.Na.P2S5/c2*1-6-3-4-9(8(10)5-6)11-7(2)12;1-7-3-5-9(6-4-7)10-8(2)11;1-6-3-4-8-9(5-6)11-7(2)10-8;1-6-2-4-7(8)5-3-6;1-3(5)7-4(2)6;1-2;;1-2;;3-1-2-5-7-6-4/h2*3-5H,1-2H3,(H,11,12);3-6H,1-2H3,(H,10,11);3-5H,1-2H3;2-5H,8H2,1H3;1-2H3;1H3;1H4;;;/q;;;;;;-1;;;+1;. The Balaban J connectivity index is -0.000000248. The summed E-state index contributed by atoms with van der Waals surface area (Å²) in [5, 5.41) is 17.9. The number of carbonyl (C=O) groups excluding carboxylic acids is 4. The number of hydrogen-bond acceptors (Lipinski definition) is 12. The van der Waals surface area contributed by atoms with Gasteiger partial charge < -0.3 is 31.5 Å². The molecule has 0 saturated heterocycles. The molecule has 0 unspecified atom stereocenters. The van der Waals surface area contributed by atoms with Gasteiger partial charge in [0, 0.05) is 90.4 Å². The molecule has 1 aromatic heterocycles. The van der Waals surface area contributed by atoms with E-state index in [9.17, 15) is 19.2 Å². The monoisotopic (exact) mass is 1440 g/mol. The van der Waals surface area contributed by atoms with Gasteiger partial charge in [0.05, 0.1) is 31.6 Å². The van der Waals surface area contributed by atoms with Crippen molar-refractivity contribution in [1.29, 1.82) is 0 Å². The first-order chi connectivity index (χ1) is 33.9. The number of amides is 2. The predicted molar refractivity (Wildman–Crippen MR) is 348 cm³/mol. The molecular weight excluding hydrogens is 1380 g/mol. The number of thiazole rings is 1. The fourth-order valence-electron chi connectivity index (χ4n) is 4.62. The number of hydrogen-bond donors (Lipinski definition) is 4. The minimum Gasteiger partial charge on any atom is -0.857 e. The van der Waals surface area contributed by atoms with Crippen LogP contribution in [-0.4, -0.2) is 40.8 Å². The molecule has 2 amide bonds. The van der Waals surface area contributed by atoms with Gasteiger partial charge in [-0.1, -0.05) is 73.2 Å². The Hall–Kier alpha value is -1.66. The molecule has 5 aromatic carbocycles. The van der Waals surface area contributed by atoms with E-state index in [1.54, 1.807) is 29.7 Å². The summed E-state index contributed by atoms with van der Waals surface area (Å²) >= 11 is 28.2. The Morgan fingerprint density at radius 2 is 1.07 bits per heavy atom. The second-order valence-corrected chi connectivity index (χ2v) is 27.2. The number of thiocarbonyl (C=S) groups is 1. The zero-order valence-electron chi connectivity index (χ0n) is 42.6. The first-order valence-electron chi connectivity index (χ1n) is 20.4. The predicted octanol–water partition coefficient (Wildman–Crippen LogP) is 12.8. The average Bonchev–Trinajstić information content (AvgIpc) is 3.68. The maximum absolute atomic E-state index is 10.7. The summed E-state index contributed by atoms with van der Waals surface area (Å²) in [6.45, 7) is 19.5. The van der Waals surface area contributed by atoms with E-state index in [1.165, 1.54) is 70.6 Å². The van der Waals surface area contributed by atoms with Crippen molar-refractivity contribution in [2.24, 2.45) is 0 Å². The van der Waals surface area contributed by atoms with Crippen molar-refractivity contribution in [3.63, 3.8) is 0 Å². The van der Waals surface area contributed by atoms with Crippen LogP contribution in [0.15, 0.2) is 112 Å². The van der Waals surface area contributed by atoms with Crippen molar-refractivity contribution >= 4 is 210 Å². The summed E-state index contributed by atoms with van der Waals surface area (Å²) in [6, 6.07) is 33.7. The van der Waals surface area contributed by atoms with Crippen molar-refractivity contribution in [2.75, 3.05) is 28.8 Å². The zero-order valence-corrected chi connectivity index (χ0v) is 58.4. The van der Waals surface area contributed by atoms with Gasteiger partial charge in [-0.3, -0.25) is 19.2 Å². The Labute approximate surface area is 524 Å². The smallest absolute Gasteiger partial charge is 0.857 e. The van der Waals surface area contributed by atoms with Gasteiger partial charge in [0.2, 0.25) is 11.8 Å². The molecule has 11 nitrogen and oxygen atoms in total. The number of esters is 2. The molecule has 5 N–H and O–H groups in total. The molecule has 0 aliphatic heterocycles. The molecule has 0 bridgehead atoms. The number of rotatable bonds is 4. The number of nitrogens with one attached hydrogen (secondary N) is 3. The second kappa shape index (κ2) is 50.8. The first kappa shape index (κ1) is 81.2. The number of anilines is 4. The molecule has 6 aromatic rings. The third-order valence-corrected chi connectivity index (χ3v) is 19.7. The van der Waals surface area contributed by atoms with Crippen molar-refractivity contribution in [1.82, 2.24) is 4.98 Å². The largest absolute Gasteiger partial charge is 1.00 e. The van der Waals surface area contributed by atoms with E-state index >= 15 is 0 Å². The van der Waals surface area contributed by atoms with Crippen LogP contribution in [0.25, 0.3) is 10.2 Å². The summed E-state index contributed by atoms with van der Waals surface area (Å²) in [5.74, 6) is -1.21. The number of nitrogens with two attached hydrogens (primary N) is 1. The maximum Gasteiger partial charge on any atom is 1.00 e. The normalized spacial score (nSPS) is 8.77. The Morgan fingerprint density at radius 1 is 0.662 bits per heavy atom. The van der Waals surface area contributed by atoms with E-state index in [4.69, 9.17) is 23.1 Å². The number of aromatic nitrogens is 1. The van der Waals surface area contributed by atoms with E-state index in [-0.39, 0.29) is 48.8 Å². The van der Waals surface area contributed by atoms with Crippen molar-refractivity contribution < 1.29 is 58.6 Å². The number of fused-ring (bicyclic) bond motifs is 1. The van der Waals surface area contributed by atoms with Crippen molar-refractivity contribution in [3.8, 4) is 0 Å². The van der Waals surface area contributed by atoms with E-state index < -0.39 is 11.9 Å². The molecular formula is C49H62Br4N5NaO6P2S7. The fraction of sp³-hybridized carbons (Fsp3) is 0.265. The van der Waals surface area contributed by atoms with Crippen LogP contribution in [-0.2, 0) is 74.2 Å². The molecule has 0 spiro atoms. The Kier molecular flexibility index (Phi) is 55.8. The van der Waals surface area contributed by atoms with Gasteiger partial charge in [-0.25, -0.2) is 4.98 Å². The van der Waals surface area contributed by atoms with Gasteiger partial charge in [-0.05, 0) is 208 Å². The third-order valence-electron chi connectivity index (χ3n) is 7.38. The van der Waals surface area contributed by atoms with Crippen LogP contribution >= 0.6 is 97.8 Å². The number of ether oxygens (including phenoxy) is 1. The maximum atomic E-state index is 10.7. The summed E-state index contributed by atoms with van der Waals surface area (Å²) in [6.07, 6.45) is 0. The van der Waals surface area contributed by atoms with Gasteiger partial charge in [-0.15, -0.1) is 11.3 Å². The van der Waals surface area contributed by atoms with Gasteiger partial charge >= 0.3 is 41.5 Å². The van der Waals surface area contributed by atoms with E-state index in [1.807, 2.05) is 113 Å². The van der Waals surface area contributed by atoms with Crippen LogP contribution in [0.4, 0.5) is 22.7 Å². The number of nitrogens with zero attached hydrogens (tertiary/aromatic N) is 1. The summed E-state index contributed by atoms with van der Waals surface area (Å²) in [7, 11) is 7.58. The van der Waals surface area contributed by atoms with Gasteiger partial charge in [-0.2, -0.15) is 7.11 Å². The average molecular weight is 1450 g/mol. The SMILES string of the molecule is BrBr.C.CC(=O)Nc1ccc(C)cc1.CC(=O)Nc1ccc(C)cc1Br.CC(=O)OC(C)=O.CC(=S)Nc1ccc(C)cc1Br.C[O-].Cc1ccc(N)cc1.Cc1ccc2nc(C)sc2c1.S=PP=S=S=S=S.[Na+]. The molecule has 6 rings (SSSR count). The fourth-order valence-corrected chi connectivity index (χ4v) is 16.4. The Morgan fingerprint density at radius 3 is 1.43 bits per heavy atom. The van der Waals surface area contributed by atoms with Crippen LogP contribution in [0.1, 0.15) is 74.9 Å². The topological polar surface area (TPSA) is 176 Å². The molecule has 0 atom stereocenters. The van der Waals surface area contributed by atoms with Gasteiger partial charge in [0.15, 0.2) is 0 Å². The molecule has 0 fully saturated rings. The third kappa shape index (κ3) is 46.4. The minimum atomic E-state index is -0.562. The van der Waals surface area contributed by atoms with E-state index in [2.05, 4.69) is 147 Å². The van der Waals surface area contributed by atoms with Crippen molar-refractivity contribution in [3.05, 3.63) is 145 Å². The van der Waals surface area contributed by atoms with E-state index in [0.717, 1.165) is 66.9 Å². The molecule has 1 heterocycles. The Bertz CT molecular complexity index is 2670. The van der Waals surface area contributed by atoms with Crippen LogP contribution in [0.2, 0.25) is 0 Å². The molecule has 25 heteroatoms. The number of carbonyl (C=O) groups is 4. The summed E-state index contributed by atoms with van der Waals surface area (Å²) in [5.41, 5.74) is 16.2. The summed E-state index contributed by atoms with van der Waals surface area (Å²) in [4.78, 5) is 46.1. The number of benzene rings is 5. The van der Waals surface area contributed by atoms with Gasteiger partial charge in [0.1, 0.15) is 0 Å². The second-order valence-electron chi connectivity index (χ2n) is 14.0. The number of aryl methyl sites for hydroxylation is 6. The van der Waals surface area contributed by atoms with Gasteiger partial charge in [0.25, 0.3) is 0 Å². The quantitative estimate of drug-likeness (QED) is 0.0329. The first-order valence-corrected chi connectivity index (χ1v) is 35.5. The molecule has 74 heavy (non-hydrogen) atoms. The molecule has 0 radical (unpaired) electrons. The van der Waals surface area contributed by atoms with Crippen LogP contribution in [0, 0.1) is 41.5 Å². The zero-order chi connectivity index (χ0) is 55.8. The number of halogens is 4.